The molecule has 1 rings (SSSR count). The number of rotatable bonds is 3. The van der Waals surface area contributed by atoms with Crippen molar-refractivity contribution >= 4 is 0 Å². The molecule has 0 aromatic carbocycles. The van der Waals surface area contributed by atoms with Gasteiger partial charge in [0.05, 0.1) is 6.10 Å². The quantitative estimate of drug-likeness (QED) is 0.741. The first-order valence-electron chi connectivity index (χ1n) is 5.58. The van der Waals surface area contributed by atoms with Gasteiger partial charge in [0, 0.05) is 32.3 Å². The molecule has 1 fully saturated rings. The molecule has 1 saturated heterocycles. The van der Waals surface area contributed by atoms with E-state index < -0.39 is 0 Å². The smallest absolute Gasteiger partial charge is 0.0695 e. The van der Waals surface area contributed by atoms with Gasteiger partial charge in [-0.1, -0.05) is 6.92 Å². The summed E-state index contributed by atoms with van der Waals surface area (Å²) in [7, 11) is 1.78. The lowest BCUT2D eigenvalue weighted by Gasteiger charge is -2.40. The van der Waals surface area contributed by atoms with Crippen LogP contribution in [-0.4, -0.2) is 43.3 Å². The summed E-state index contributed by atoms with van der Waals surface area (Å²) in [6.07, 6.45) is 1.42. The molecule has 0 spiro atoms. The number of hydrogen-bond acceptors (Lipinski definition) is 3. The molecule has 3 heteroatoms. The Morgan fingerprint density at radius 3 is 2.57 bits per heavy atom. The summed E-state index contributed by atoms with van der Waals surface area (Å²) in [5.41, 5.74) is 5.99. The maximum Gasteiger partial charge on any atom is 0.0695 e. The summed E-state index contributed by atoms with van der Waals surface area (Å²) in [6, 6.07) is 0.881. The van der Waals surface area contributed by atoms with E-state index in [1.165, 1.54) is 0 Å². The molecule has 0 saturated carbocycles. The van der Waals surface area contributed by atoms with Crippen LogP contribution in [0.1, 0.15) is 27.2 Å². The van der Waals surface area contributed by atoms with Gasteiger partial charge >= 0.3 is 0 Å². The second-order valence-corrected chi connectivity index (χ2v) is 4.61. The van der Waals surface area contributed by atoms with E-state index in [1.807, 2.05) is 0 Å². The van der Waals surface area contributed by atoms with E-state index in [9.17, 15) is 0 Å². The predicted molar refractivity (Wildman–Crippen MR) is 59.3 cm³/mol. The van der Waals surface area contributed by atoms with Gasteiger partial charge in [0.15, 0.2) is 0 Å². The van der Waals surface area contributed by atoms with Crippen LogP contribution in [0.4, 0.5) is 0 Å². The monoisotopic (exact) mass is 200 g/mol. The van der Waals surface area contributed by atoms with E-state index in [2.05, 4.69) is 25.7 Å². The minimum Gasteiger partial charge on any atom is -0.380 e. The summed E-state index contributed by atoms with van der Waals surface area (Å²) in [6.45, 7) is 8.82. The molecule has 1 aliphatic heterocycles. The Bertz CT molecular complexity index is 175. The molecule has 4 unspecified atom stereocenters. The first kappa shape index (κ1) is 12.0. The minimum atomic E-state index is 0.302. The molecule has 14 heavy (non-hydrogen) atoms. The summed E-state index contributed by atoms with van der Waals surface area (Å²) in [5.74, 6) is 0.607. The van der Waals surface area contributed by atoms with Crippen molar-refractivity contribution in [3.8, 4) is 0 Å². The molecule has 3 nitrogen and oxygen atoms in total. The fraction of sp³-hybridized carbons (Fsp3) is 1.00. The SMILES string of the molecule is COC(C)C(C)N1CCC(N)C(C)C1. The molecule has 4 atom stereocenters. The molecule has 84 valence electrons. The molecule has 1 aliphatic rings. The standard InChI is InChI=1S/C11H24N2O/c1-8-7-13(6-5-11(8)12)9(2)10(3)14-4/h8-11H,5-7,12H2,1-4H3. The van der Waals surface area contributed by atoms with Crippen molar-refractivity contribution in [3.63, 3.8) is 0 Å². The Labute approximate surface area is 87.6 Å². The second kappa shape index (κ2) is 5.10. The van der Waals surface area contributed by atoms with Crippen molar-refractivity contribution < 1.29 is 4.74 Å². The Morgan fingerprint density at radius 1 is 1.43 bits per heavy atom. The van der Waals surface area contributed by atoms with Crippen LogP contribution in [0.15, 0.2) is 0 Å². The van der Waals surface area contributed by atoms with Crippen molar-refractivity contribution in [1.82, 2.24) is 4.90 Å². The Morgan fingerprint density at radius 2 is 2.07 bits per heavy atom. The number of piperidine rings is 1. The predicted octanol–water partition coefficient (Wildman–Crippen LogP) is 1.08. The number of likely N-dealkylation sites (tertiary alicyclic amines) is 1. The van der Waals surface area contributed by atoms with Crippen LogP contribution in [0.5, 0.6) is 0 Å². The topological polar surface area (TPSA) is 38.5 Å². The maximum absolute atomic E-state index is 5.99. The maximum atomic E-state index is 5.99. The first-order valence-corrected chi connectivity index (χ1v) is 5.58. The van der Waals surface area contributed by atoms with Crippen LogP contribution < -0.4 is 5.73 Å². The Hall–Kier alpha value is -0.120. The number of methoxy groups -OCH3 is 1. The normalized spacial score (nSPS) is 34.1. The van der Waals surface area contributed by atoms with Crippen LogP contribution in [-0.2, 0) is 4.74 Å². The molecule has 0 bridgehead atoms. The minimum absolute atomic E-state index is 0.302. The van der Waals surface area contributed by atoms with Gasteiger partial charge < -0.3 is 10.5 Å². The van der Waals surface area contributed by atoms with Gasteiger partial charge in [0.2, 0.25) is 0 Å². The average molecular weight is 200 g/mol. The highest BCUT2D eigenvalue weighted by Gasteiger charge is 2.28. The second-order valence-electron chi connectivity index (χ2n) is 4.61. The van der Waals surface area contributed by atoms with E-state index in [0.717, 1.165) is 19.5 Å². The van der Waals surface area contributed by atoms with Crippen LogP contribution in [0.2, 0.25) is 0 Å². The van der Waals surface area contributed by atoms with Gasteiger partial charge in [-0.3, -0.25) is 4.90 Å². The number of nitrogens with two attached hydrogens (primary N) is 1. The van der Waals surface area contributed by atoms with Crippen molar-refractivity contribution in [2.45, 2.75) is 45.4 Å². The summed E-state index contributed by atoms with van der Waals surface area (Å²) in [5, 5.41) is 0. The molecular weight excluding hydrogens is 176 g/mol. The lowest BCUT2D eigenvalue weighted by atomic mass is 9.93. The van der Waals surface area contributed by atoms with Gasteiger partial charge in [-0.15, -0.1) is 0 Å². The van der Waals surface area contributed by atoms with Crippen LogP contribution in [0.25, 0.3) is 0 Å². The van der Waals surface area contributed by atoms with Crippen LogP contribution >= 0.6 is 0 Å². The highest BCUT2D eigenvalue weighted by molar-refractivity contribution is 4.84. The van der Waals surface area contributed by atoms with Gasteiger partial charge in [-0.2, -0.15) is 0 Å². The fourth-order valence-electron chi connectivity index (χ4n) is 2.06. The van der Waals surface area contributed by atoms with E-state index >= 15 is 0 Å². The van der Waals surface area contributed by atoms with E-state index in [1.54, 1.807) is 7.11 Å². The number of hydrogen-bond donors (Lipinski definition) is 1. The molecule has 0 amide bonds. The Balaban J connectivity index is 2.45. The fourth-order valence-corrected chi connectivity index (χ4v) is 2.06. The largest absolute Gasteiger partial charge is 0.380 e. The summed E-state index contributed by atoms with van der Waals surface area (Å²) < 4.78 is 5.35. The van der Waals surface area contributed by atoms with E-state index in [4.69, 9.17) is 10.5 Å². The lowest BCUT2D eigenvalue weighted by molar-refractivity contribution is 0.0134. The molecule has 0 radical (unpaired) electrons. The van der Waals surface area contributed by atoms with Crippen molar-refractivity contribution in [2.75, 3.05) is 20.2 Å². The van der Waals surface area contributed by atoms with Crippen LogP contribution in [0, 0.1) is 5.92 Å². The number of nitrogens with zero attached hydrogens (tertiary/aromatic N) is 1. The van der Waals surface area contributed by atoms with Gasteiger partial charge in [-0.05, 0) is 26.2 Å². The van der Waals surface area contributed by atoms with Gasteiger partial charge in [0.1, 0.15) is 0 Å². The first-order chi connectivity index (χ1) is 6.56. The molecule has 2 N–H and O–H groups in total. The summed E-state index contributed by atoms with van der Waals surface area (Å²) in [4.78, 5) is 2.49. The molecule has 0 aliphatic carbocycles. The van der Waals surface area contributed by atoms with Crippen LogP contribution in [0.3, 0.4) is 0 Å². The van der Waals surface area contributed by atoms with Crippen molar-refractivity contribution in [2.24, 2.45) is 11.7 Å². The molecular formula is C11H24N2O. The zero-order valence-corrected chi connectivity index (χ0v) is 9.86. The average Bonchev–Trinajstić information content (AvgIpc) is 2.20. The highest BCUT2D eigenvalue weighted by atomic mass is 16.5. The molecule has 0 aromatic heterocycles. The van der Waals surface area contributed by atoms with E-state index in [-0.39, 0.29) is 0 Å². The molecule has 0 aromatic rings. The van der Waals surface area contributed by atoms with Crippen molar-refractivity contribution in [1.29, 1.82) is 0 Å². The van der Waals surface area contributed by atoms with Gasteiger partial charge in [0.25, 0.3) is 0 Å². The van der Waals surface area contributed by atoms with Crippen molar-refractivity contribution in [3.05, 3.63) is 0 Å². The molecule has 1 heterocycles. The van der Waals surface area contributed by atoms with Gasteiger partial charge in [-0.25, -0.2) is 0 Å². The number of ether oxygens (including phenoxy) is 1. The zero-order valence-electron chi connectivity index (χ0n) is 9.86. The summed E-state index contributed by atoms with van der Waals surface area (Å²) >= 11 is 0. The third-order valence-electron chi connectivity index (χ3n) is 3.63. The van der Waals surface area contributed by atoms with E-state index in [0.29, 0.717) is 24.1 Å². The lowest BCUT2D eigenvalue weighted by Crippen LogP contribution is -2.51. The third-order valence-corrected chi connectivity index (χ3v) is 3.63. The Kier molecular flexibility index (Phi) is 4.35. The highest BCUT2D eigenvalue weighted by Crippen LogP contribution is 2.19. The zero-order chi connectivity index (χ0) is 10.7. The third kappa shape index (κ3) is 2.69.